The molecule has 0 amide bonds. The lowest BCUT2D eigenvalue weighted by atomic mass is 9.78. The van der Waals surface area contributed by atoms with Crippen molar-refractivity contribution >= 4 is 12.6 Å². The molecule has 1 rings (SSSR count). The van der Waals surface area contributed by atoms with E-state index in [4.69, 9.17) is 15.8 Å². The highest BCUT2D eigenvalue weighted by Gasteiger charge is 2.20. The highest BCUT2D eigenvalue weighted by Crippen LogP contribution is 2.10. The molecule has 1 aromatic rings. The van der Waals surface area contributed by atoms with E-state index < -0.39 is 18.8 Å². The van der Waals surface area contributed by atoms with Crippen molar-refractivity contribution in [3.63, 3.8) is 0 Å². The average Bonchev–Trinajstić information content (AvgIpc) is 2.11. The number of hydrogen-bond donors (Lipinski definition) is 3. The van der Waals surface area contributed by atoms with Crippen molar-refractivity contribution in [3.05, 3.63) is 29.3 Å². The van der Waals surface area contributed by atoms with Crippen molar-refractivity contribution in [1.82, 2.24) is 0 Å². The Morgan fingerprint density at radius 2 is 1.93 bits per heavy atom. The molecule has 0 fully saturated rings. The molecule has 76 valence electrons. The molecule has 0 aliphatic heterocycles. The molecule has 4 N–H and O–H groups in total. The molecule has 0 saturated heterocycles. The fourth-order valence-electron chi connectivity index (χ4n) is 1.19. The van der Waals surface area contributed by atoms with E-state index in [2.05, 4.69) is 0 Å². The molecular formula is C8H10BF2NO2. The van der Waals surface area contributed by atoms with Gasteiger partial charge in [-0.3, -0.25) is 0 Å². The summed E-state index contributed by atoms with van der Waals surface area (Å²) in [7, 11) is -1.94. The van der Waals surface area contributed by atoms with E-state index in [-0.39, 0.29) is 24.0 Å². The first-order valence-corrected chi connectivity index (χ1v) is 4.11. The van der Waals surface area contributed by atoms with E-state index in [1.54, 1.807) is 0 Å². The van der Waals surface area contributed by atoms with Crippen molar-refractivity contribution < 1.29 is 18.8 Å². The van der Waals surface area contributed by atoms with Gasteiger partial charge in [0.05, 0.1) is 0 Å². The van der Waals surface area contributed by atoms with Crippen LogP contribution in [0.1, 0.15) is 5.56 Å². The fourth-order valence-corrected chi connectivity index (χ4v) is 1.19. The Kier molecular flexibility index (Phi) is 3.57. The first-order valence-electron chi connectivity index (χ1n) is 4.11. The van der Waals surface area contributed by atoms with Crippen LogP contribution in [0.3, 0.4) is 0 Å². The summed E-state index contributed by atoms with van der Waals surface area (Å²) in [5.74, 6) is -1.66. The van der Waals surface area contributed by atoms with Gasteiger partial charge >= 0.3 is 7.12 Å². The molecule has 0 saturated carbocycles. The molecule has 14 heavy (non-hydrogen) atoms. The zero-order valence-electron chi connectivity index (χ0n) is 7.37. The van der Waals surface area contributed by atoms with Crippen LogP contribution in [0.5, 0.6) is 0 Å². The number of benzene rings is 1. The molecular weight excluding hydrogens is 191 g/mol. The molecule has 0 spiro atoms. The Balaban J connectivity index is 3.19. The van der Waals surface area contributed by atoms with E-state index >= 15 is 0 Å². The van der Waals surface area contributed by atoms with Gasteiger partial charge < -0.3 is 15.8 Å². The van der Waals surface area contributed by atoms with Gasteiger partial charge in [0.2, 0.25) is 0 Å². The first-order chi connectivity index (χ1) is 6.57. The third kappa shape index (κ3) is 2.09. The molecule has 0 aliphatic rings. The van der Waals surface area contributed by atoms with E-state index in [1.165, 1.54) is 0 Å². The molecule has 0 bridgehead atoms. The normalized spacial score (nSPS) is 10.4. The van der Waals surface area contributed by atoms with Crippen molar-refractivity contribution in [2.75, 3.05) is 6.54 Å². The van der Waals surface area contributed by atoms with Crippen LogP contribution in [0.2, 0.25) is 0 Å². The Hall–Kier alpha value is -0.975. The maximum absolute atomic E-state index is 13.4. The summed E-state index contributed by atoms with van der Waals surface area (Å²) in [6.07, 6.45) is 0.0260. The SMILES string of the molecule is NCCc1c(F)ccc(B(O)O)c1F. The van der Waals surface area contributed by atoms with Crippen molar-refractivity contribution in [1.29, 1.82) is 0 Å². The van der Waals surface area contributed by atoms with Gasteiger partial charge in [0, 0.05) is 11.0 Å². The second-order valence-electron chi connectivity index (χ2n) is 2.84. The van der Waals surface area contributed by atoms with Crippen LogP contribution in [0.15, 0.2) is 12.1 Å². The average molecular weight is 201 g/mol. The molecule has 6 heteroatoms. The summed E-state index contributed by atoms with van der Waals surface area (Å²) >= 11 is 0. The van der Waals surface area contributed by atoms with Gasteiger partial charge in [0.15, 0.2) is 0 Å². The second-order valence-corrected chi connectivity index (χ2v) is 2.84. The molecule has 3 nitrogen and oxygen atoms in total. The summed E-state index contributed by atoms with van der Waals surface area (Å²) in [6, 6.07) is 1.98. The van der Waals surface area contributed by atoms with Crippen LogP contribution in [-0.4, -0.2) is 23.7 Å². The number of hydrogen-bond acceptors (Lipinski definition) is 3. The monoisotopic (exact) mass is 201 g/mol. The molecule has 0 heterocycles. The summed E-state index contributed by atoms with van der Waals surface area (Å²) in [6.45, 7) is 0.0960. The first kappa shape index (κ1) is 11.1. The van der Waals surface area contributed by atoms with Crippen molar-refractivity contribution in [3.8, 4) is 0 Å². The Bertz CT molecular complexity index is 333. The van der Waals surface area contributed by atoms with Crippen LogP contribution in [0, 0.1) is 11.6 Å². The van der Waals surface area contributed by atoms with Crippen molar-refractivity contribution in [2.24, 2.45) is 5.73 Å². The molecule has 0 radical (unpaired) electrons. The summed E-state index contributed by atoms with van der Waals surface area (Å²) < 4.78 is 26.4. The minimum absolute atomic E-state index is 0.0260. The quantitative estimate of drug-likeness (QED) is 0.557. The highest BCUT2D eigenvalue weighted by atomic mass is 19.1. The minimum Gasteiger partial charge on any atom is -0.423 e. The summed E-state index contributed by atoms with van der Waals surface area (Å²) in [4.78, 5) is 0. The van der Waals surface area contributed by atoms with Gasteiger partial charge in [-0.1, -0.05) is 6.07 Å². The van der Waals surface area contributed by atoms with E-state index in [9.17, 15) is 8.78 Å². The molecule has 0 aliphatic carbocycles. The summed E-state index contributed by atoms with van der Waals surface area (Å²) in [5.41, 5.74) is 4.62. The lowest BCUT2D eigenvalue weighted by Crippen LogP contribution is -2.34. The Labute approximate surface area is 80.3 Å². The van der Waals surface area contributed by atoms with Gasteiger partial charge in [-0.2, -0.15) is 0 Å². The zero-order chi connectivity index (χ0) is 10.7. The summed E-state index contributed by atoms with van der Waals surface area (Å²) in [5, 5.41) is 17.5. The molecule has 0 unspecified atom stereocenters. The van der Waals surface area contributed by atoms with Crippen molar-refractivity contribution in [2.45, 2.75) is 6.42 Å². The number of rotatable bonds is 3. The number of nitrogens with two attached hydrogens (primary N) is 1. The predicted octanol–water partition coefficient (Wildman–Crippen LogP) is -0.854. The van der Waals surface area contributed by atoms with Crippen LogP contribution in [-0.2, 0) is 6.42 Å². The topological polar surface area (TPSA) is 66.5 Å². The molecule has 0 aromatic heterocycles. The fraction of sp³-hybridized carbons (Fsp3) is 0.250. The van der Waals surface area contributed by atoms with E-state index in [0.717, 1.165) is 12.1 Å². The largest absolute Gasteiger partial charge is 0.491 e. The standard InChI is InChI=1S/C8H10BF2NO2/c10-7-2-1-6(9(13)14)8(11)5(7)3-4-12/h1-2,13-14H,3-4,12H2. The van der Waals surface area contributed by atoms with Gasteiger partial charge in [-0.05, 0) is 19.0 Å². The van der Waals surface area contributed by atoms with Crippen LogP contribution >= 0.6 is 0 Å². The minimum atomic E-state index is -1.94. The van der Waals surface area contributed by atoms with E-state index in [1.807, 2.05) is 0 Å². The smallest absolute Gasteiger partial charge is 0.423 e. The van der Waals surface area contributed by atoms with Crippen LogP contribution in [0.4, 0.5) is 8.78 Å². The maximum Gasteiger partial charge on any atom is 0.491 e. The third-order valence-corrected chi connectivity index (χ3v) is 1.89. The van der Waals surface area contributed by atoms with Gasteiger partial charge in [0.25, 0.3) is 0 Å². The third-order valence-electron chi connectivity index (χ3n) is 1.89. The van der Waals surface area contributed by atoms with E-state index in [0.29, 0.717) is 0 Å². The maximum atomic E-state index is 13.4. The molecule has 0 atom stereocenters. The lowest BCUT2D eigenvalue weighted by Gasteiger charge is -2.07. The lowest BCUT2D eigenvalue weighted by molar-refractivity contribution is 0.422. The second kappa shape index (κ2) is 4.50. The predicted molar refractivity (Wildman–Crippen MR) is 48.9 cm³/mol. The zero-order valence-corrected chi connectivity index (χ0v) is 7.37. The van der Waals surface area contributed by atoms with Gasteiger partial charge in [-0.15, -0.1) is 0 Å². The number of halogens is 2. The van der Waals surface area contributed by atoms with Gasteiger partial charge in [0.1, 0.15) is 11.6 Å². The van der Waals surface area contributed by atoms with Gasteiger partial charge in [-0.25, -0.2) is 8.78 Å². The Morgan fingerprint density at radius 1 is 1.29 bits per heavy atom. The van der Waals surface area contributed by atoms with Crippen LogP contribution < -0.4 is 11.2 Å². The molecule has 1 aromatic carbocycles. The Morgan fingerprint density at radius 3 is 2.43 bits per heavy atom. The van der Waals surface area contributed by atoms with Crippen LogP contribution in [0.25, 0.3) is 0 Å². The highest BCUT2D eigenvalue weighted by molar-refractivity contribution is 6.58.